The summed E-state index contributed by atoms with van der Waals surface area (Å²) < 4.78 is 37.2. The monoisotopic (exact) mass is 312 g/mol. The largest absolute Gasteiger partial charge is 0.454 e. The first-order valence-electron chi connectivity index (χ1n) is 5.58. The van der Waals surface area contributed by atoms with Crippen LogP contribution in [0.5, 0.6) is 11.5 Å². The second kappa shape index (κ2) is 4.84. The van der Waals surface area contributed by atoms with E-state index in [0.717, 1.165) is 0 Å². The van der Waals surface area contributed by atoms with Crippen LogP contribution in [0, 0.1) is 0 Å². The first kappa shape index (κ1) is 13.0. The highest BCUT2D eigenvalue weighted by molar-refractivity contribution is 7.92. The number of hydrogen-bond donors (Lipinski definition) is 1. The Balaban J connectivity index is 1.93. The van der Waals surface area contributed by atoms with Crippen LogP contribution in [0.15, 0.2) is 41.6 Å². The molecular weight excluding hydrogens is 304 g/mol. The van der Waals surface area contributed by atoms with E-state index in [1.54, 1.807) is 18.2 Å². The van der Waals surface area contributed by atoms with Crippen LogP contribution in [0.2, 0.25) is 5.02 Å². The highest BCUT2D eigenvalue weighted by Crippen LogP contribution is 2.35. The Morgan fingerprint density at radius 3 is 2.80 bits per heavy atom. The van der Waals surface area contributed by atoms with E-state index in [2.05, 4.69) is 9.71 Å². The van der Waals surface area contributed by atoms with Gasteiger partial charge in [-0.25, -0.2) is 8.42 Å². The fourth-order valence-corrected chi connectivity index (χ4v) is 3.21. The number of sulfonamides is 1. The van der Waals surface area contributed by atoms with Crippen molar-refractivity contribution in [1.29, 1.82) is 0 Å². The minimum Gasteiger partial charge on any atom is -0.454 e. The molecule has 0 saturated heterocycles. The van der Waals surface area contributed by atoms with Crippen LogP contribution in [0.4, 0.5) is 5.69 Å². The lowest BCUT2D eigenvalue weighted by atomic mass is 10.3. The second-order valence-corrected chi connectivity index (χ2v) is 6.04. The molecular formula is C12H9ClN2O4S. The van der Waals surface area contributed by atoms with E-state index in [1.165, 1.54) is 18.5 Å². The molecule has 1 aliphatic heterocycles. The van der Waals surface area contributed by atoms with Crippen LogP contribution in [-0.4, -0.2) is 20.2 Å². The number of nitrogens with zero attached hydrogens (tertiary/aromatic N) is 1. The standard InChI is InChI=1S/C12H9ClN2O4S/c13-9-3-4-14-6-12(9)20(16,17)15-8-1-2-10-11(5-8)19-7-18-10/h1-6,15H,7H2. The van der Waals surface area contributed by atoms with Gasteiger partial charge in [0.05, 0.1) is 10.7 Å². The van der Waals surface area contributed by atoms with Crippen molar-refractivity contribution in [3.63, 3.8) is 0 Å². The molecule has 0 unspecified atom stereocenters. The molecule has 0 atom stereocenters. The molecule has 20 heavy (non-hydrogen) atoms. The van der Waals surface area contributed by atoms with Crippen molar-refractivity contribution in [2.45, 2.75) is 4.90 Å². The van der Waals surface area contributed by atoms with Crippen LogP contribution in [0.3, 0.4) is 0 Å². The molecule has 0 bridgehead atoms. The Labute approximate surface area is 120 Å². The van der Waals surface area contributed by atoms with E-state index >= 15 is 0 Å². The van der Waals surface area contributed by atoms with Crippen molar-refractivity contribution in [1.82, 2.24) is 4.98 Å². The smallest absolute Gasteiger partial charge is 0.264 e. The summed E-state index contributed by atoms with van der Waals surface area (Å²) in [5.41, 5.74) is 0.356. The van der Waals surface area contributed by atoms with Crippen LogP contribution >= 0.6 is 11.6 Å². The van der Waals surface area contributed by atoms with Crippen molar-refractivity contribution >= 4 is 27.3 Å². The van der Waals surface area contributed by atoms with Crippen molar-refractivity contribution in [2.75, 3.05) is 11.5 Å². The molecule has 2 aromatic rings. The Hall–Kier alpha value is -1.99. The highest BCUT2D eigenvalue weighted by atomic mass is 35.5. The first-order chi connectivity index (χ1) is 9.56. The highest BCUT2D eigenvalue weighted by Gasteiger charge is 2.20. The van der Waals surface area contributed by atoms with Crippen molar-refractivity contribution < 1.29 is 17.9 Å². The fourth-order valence-electron chi connectivity index (χ4n) is 1.73. The first-order valence-corrected chi connectivity index (χ1v) is 7.44. The third kappa shape index (κ3) is 2.37. The summed E-state index contributed by atoms with van der Waals surface area (Å²) in [6.45, 7) is 0.125. The Morgan fingerprint density at radius 2 is 2.00 bits per heavy atom. The molecule has 104 valence electrons. The number of halogens is 1. The number of fused-ring (bicyclic) bond motifs is 1. The van der Waals surface area contributed by atoms with E-state index < -0.39 is 10.0 Å². The van der Waals surface area contributed by atoms with Gasteiger partial charge in [-0.1, -0.05) is 11.6 Å². The molecule has 1 aromatic heterocycles. The maximum absolute atomic E-state index is 12.2. The molecule has 1 aliphatic rings. The lowest BCUT2D eigenvalue weighted by Gasteiger charge is -2.09. The van der Waals surface area contributed by atoms with Gasteiger partial charge in [0, 0.05) is 18.5 Å². The number of hydrogen-bond acceptors (Lipinski definition) is 5. The molecule has 0 saturated carbocycles. The maximum Gasteiger partial charge on any atom is 0.264 e. The van der Waals surface area contributed by atoms with Gasteiger partial charge in [0.2, 0.25) is 6.79 Å². The number of aromatic nitrogens is 1. The topological polar surface area (TPSA) is 77.5 Å². The van der Waals surface area contributed by atoms with Gasteiger partial charge >= 0.3 is 0 Å². The molecule has 0 radical (unpaired) electrons. The van der Waals surface area contributed by atoms with Crippen molar-refractivity contribution in [3.05, 3.63) is 41.7 Å². The quantitative estimate of drug-likeness (QED) is 0.940. The van der Waals surface area contributed by atoms with Crippen molar-refractivity contribution in [2.24, 2.45) is 0 Å². The van der Waals surface area contributed by atoms with Gasteiger partial charge in [-0.15, -0.1) is 0 Å². The van der Waals surface area contributed by atoms with Crippen LogP contribution in [0.25, 0.3) is 0 Å². The van der Waals surface area contributed by atoms with E-state index in [-0.39, 0.29) is 16.7 Å². The molecule has 0 aliphatic carbocycles. The average molecular weight is 313 g/mol. The molecule has 1 aromatic carbocycles. The minimum absolute atomic E-state index is 0.0840. The van der Waals surface area contributed by atoms with E-state index in [9.17, 15) is 8.42 Å². The van der Waals surface area contributed by atoms with Gasteiger partial charge in [0.15, 0.2) is 11.5 Å². The summed E-state index contributed by atoms with van der Waals surface area (Å²) in [4.78, 5) is 3.68. The summed E-state index contributed by atoms with van der Waals surface area (Å²) in [5.74, 6) is 1.06. The average Bonchev–Trinajstić information content (AvgIpc) is 2.86. The molecule has 8 heteroatoms. The number of anilines is 1. The number of nitrogens with one attached hydrogen (secondary N) is 1. The molecule has 3 rings (SSSR count). The van der Waals surface area contributed by atoms with Gasteiger partial charge in [0.25, 0.3) is 10.0 Å². The SMILES string of the molecule is O=S(=O)(Nc1ccc2c(c1)OCO2)c1cnccc1Cl. The van der Waals surface area contributed by atoms with Crippen LogP contribution in [-0.2, 0) is 10.0 Å². The predicted molar refractivity (Wildman–Crippen MR) is 72.6 cm³/mol. The summed E-state index contributed by atoms with van der Waals surface area (Å²) in [5, 5.41) is 0.105. The Bertz CT molecular complexity index is 764. The molecule has 6 nitrogen and oxygen atoms in total. The lowest BCUT2D eigenvalue weighted by Crippen LogP contribution is -2.13. The van der Waals surface area contributed by atoms with Gasteiger partial charge in [-0.3, -0.25) is 9.71 Å². The lowest BCUT2D eigenvalue weighted by molar-refractivity contribution is 0.174. The normalized spacial score (nSPS) is 13.2. The predicted octanol–water partition coefficient (Wildman–Crippen LogP) is 2.26. The molecule has 0 spiro atoms. The number of pyridine rings is 1. The van der Waals surface area contributed by atoms with Crippen molar-refractivity contribution in [3.8, 4) is 11.5 Å². The van der Waals surface area contributed by atoms with Crippen LogP contribution in [0.1, 0.15) is 0 Å². The number of rotatable bonds is 3. The molecule has 0 fully saturated rings. The summed E-state index contributed by atoms with van der Waals surface area (Å²) in [7, 11) is -3.80. The number of ether oxygens (including phenoxy) is 2. The molecule has 1 N–H and O–H groups in total. The minimum atomic E-state index is -3.80. The molecule has 0 amide bonds. The fraction of sp³-hybridized carbons (Fsp3) is 0.0833. The van der Waals surface area contributed by atoms with Gasteiger partial charge in [-0.05, 0) is 18.2 Å². The van der Waals surface area contributed by atoms with Crippen LogP contribution < -0.4 is 14.2 Å². The third-order valence-electron chi connectivity index (χ3n) is 2.65. The second-order valence-electron chi connectivity index (χ2n) is 3.98. The summed E-state index contributed by atoms with van der Waals surface area (Å²) in [6.07, 6.45) is 2.61. The Morgan fingerprint density at radius 1 is 1.20 bits per heavy atom. The maximum atomic E-state index is 12.2. The zero-order valence-electron chi connectivity index (χ0n) is 10.0. The van der Waals surface area contributed by atoms with E-state index in [4.69, 9.17) is 21.1 Å². The summed E-state index contributed by atoms with van der Waals surface area (Å²) >= 11 is 5.86. The van der Waals surface area contributed by atoms with E-state index in [1.807, 2.05) is 0 Å². The zero-order chi connectivity index (χ0) is 14.2. The Kier molecular flexibility index (Phi) is 3.15. The third-order valence-corrected chi connectivity index (χ3v) is 4.50. The number of benzene rings is 1. The summed E-state index contributed by atoms with van der Waals surface area (Å²) in [6, 6.07) is 6.17. The van der Waals surface area contributed by atoms with Gasteiger partial charge < -0.3 is 9.47 Å². The zero-order valence-corrected chi connectivity index (χ0v) is 11.6. The molecule has 2 heterocycles. The van der Waals surface area contributed by atoms with E-state index in [0.29, 0.717) is 17.2 Å². The van der Waals surface area contributed by atoms with Gasteiger partial charge in [-0.2, -0.15) is 0 Å². The van der Waals surface area contributed by atoms with Gasteiger partial charge in [0.1, 0.15) is 4.90 Å².